The third kappa shape index (κ3) is 4.21. The van der Waals surface area contributed by atoms with Crippen molar-refractivity contribution >= 4 is 16.8 Å². The van der Waals surface area contributed by atoms with Gasteiger partial charge in [0, 0.05) is 18.6 Å². The highest BCUT2D eigenvalue weighted by Crippen LogP contribution is 2.24. The van der Waals surface area contributed by atoms with Crippen LogP contribution in [0, 0.1) is 0 Å². The summed E-state index contributed by atoms with van der Waals surface area (Å²) in [5, 5.41) is 3.60. The second-order valence-electron chi connectivity index (χ2n) is 7.88. The Morgan fingerprint density at radius 3 is 2.67 bits per heavy atom. The van der Waals surface area contributed by atoms with Crippen molar-refractivity contribution in [3.05, 3.63) is 40.4 Å². The van der Waals surface area contributed by atoms with Crippen LogP contribution in [0.3, 0.4) is 0 Å². The van der Waals surface area contributed by atoms with Crippen LogP contribution in [0.4, 0.5) is 0 Å². The number of para-hydroxylation sites is 1. The van der Waals surface area contributed by atoms with Gasteiger partial charge in [-0.1, -0.05) is 37.8 Å². The van der Waals surface area contributed by atoms with Gasteiger partial charge in [-0.15, -0.1) is 0 Å². The molecule has 1 aliphatic heterocycles. The lowest BCUT2D eigenvalue weighted by Gasteiger charge is -2.38. The Bertz CT molecular complexity index is 855. The molecule has 0 bridgehead atoms. The highest BCUT2D eigenvalue weighted by Gasteiger charge is 2.27. The van der Waals surface area contributed by atoms with E-state index in [4.69, 9.17) is 0 Å². The summed E-state index contributed by atoms with van der Waals surface area (Å²) in [4.78, 5) is 34.4. The quantitative estimate of drug-likeness (QED) is 0.817. The number of benzene rings is 1. The van der Waals surface area contributed by atoms with Gasteiger partial charge < -0.3 is 10.3 Å². The molecule has 2 N–H and O–H groups in total. The summed E-state index contributed by atoms with van der Waals surface area (Å²) in [5.41, 5.74) is 0.282. The van der Waals surface area contributed by atoms with Gasteiger partial charge in [-0.2, -0.15) is 0 Å². The van der Waals surface area contributed by atoms with E-state index in [1.54, 1.807) is 18.2 Å². The highest BCUT2D eigenvalue weighted by atomic mass is 16.2. The van der Waals surface area contributed by atoms with Gasteiger partial charge in [0.05, 0.1) is 10.9 Å². The van der Waals surface area contributed by atoms with Gasteiger partial charge >= 0.3 is 0 Å². The van der Waals surface area contributed by atoms with Crippen LogP contribution in [0.15, 0.2) is 29.1 Å². The Hall–Kier alpha value is -2.21. The SMILES string of the molecule is O=C(NC1CCCN(C2CCCCCC2)C1)c1nc2ccccc2c(=O)[nH]1. The Labute approximate surface area is 159 Å². The van der Waals surface area contributed by atoms with Crippen LogP contribution < -0.4 is 10.9 Å². The molecule has 6 nitrogen and oxygen atoms in total. The number of fused-ring (bicyclic) bond motifs is 1. The normalized spacial score (nSPS) is 22.4. The van der Waals surface area contributed by atoms with Crippen LogP contribution in [0.5, 0.6) is 0 Å². The number of nitrogens with one attached hydrogen (secondary N) is 2. The van der Waals surface area contributed by atoms with E-state index < -0.39 is 0 Å². The minimum atomic E-state index is -0.287. The van der Waals surface area contributed by atoms with Crippen LogP contribution in [0.1, 0.15) is 62.0 Å². The predicted octanol–water partition coefficient (Wildman–Crippen LogP) is 2.84. The molecule has 1 aliphatic carbocycles. The molecule has 1 amide bonds. The summed E-state index contributed by atoms with van der Waals surface area (Å²) in [6, 6.07) is 7.87. The first-order valence-electron chi connectivity index (χ1n) is 10.2. The van der Waals surface area contributed by atoms with Gasteiger partial charge in [0.2, 0.25) is 0 Å². The second kappa shape index (κ2) is 8.21. The monoisotopic (exact) mass is 368 g/mol. The molecular formula is C21H28N4O2. The maximum atomic E-state index is 12.7. The van der Waals surface area contributed by atoms with Crippen molar-refractivity contribution < 1.29 is 4.79 Å². The molecule has 27 heavy (non-hydrogen) atoms. The first-order chi connectivity index (χ1) is 13.2. The number of piperidine rings is 1. The number of hydrogen-bond acceptors (Lipinski definition) is 4. The predicted molar refractivity (Wildman–Crippen MR) is 106 cm³/mol. The lowest BCUT2D eigenvalue weighted by Crippen LogP contribution is -2.51. The molecule has 6 heteroatoms. The molecule has 2 aromatic rings. The van der Waals surface area contributed by atoms with Crippen molar-refractivity contribution in [1.82, 2.24) is 20.2 Å². The number of aromatic amines is 1. The van der Waals surface area contributed by atoms with Crippen molar-refractivity contribution in [2.24, 2.45) is 0 Å². The molecular weight excluding hydrogens is 340 g/mol. The molecule has 1 aromatic carbocycles. The fourth-order valence-electron chi connectivity index (χ4n) is 4.53. The Balaban J connectivity index is 1.44. The fraction of sp³-hybridized carbons (Fsp3) is 0.571. The number of nitrogens with zero attached hydrogens (tertiary/aromatic N) is 2. The third-order valence-electron chi connectivity index (χ3n) is 5.96. The van der Waals surface area contributed by atoms with Gasteiger partial charge in [-0.05, 0) is 44.4 Å². The molecule has 1 saturated carbocycles. The summed E-state index contributed by atoms with van der Waals surface area (Å²) in [6.45, 7) is 2.02. The zero-order valence-corrected chi connectivity index (χ0v) is 15.7. The summed E-state index contributed by atoms with van der Waals surface area (Å²) >= 11 is 0. The van der Waals surface area contributed by atoms with Crippen LogP contribution in [-0.2, 0) is 0 Å². The number of amides is 1. The molecule has 1 atom stereocenters. The van der Waals surface area contributed by atoms with Gasteiger partial charge in [0.1, 0.15) is 0 Å². The second-order valence-corrected chi connectivity index (χ2v) is 7.88. The minimum absolute atomic E-state index is 0.102. The maximum Gasteiger partial charge on any atom is 0.287 e. The van der Waals surface area contributed by atoms with Gasteiger partial charge in [-0.3, -0.25) is 14.5 Å². The van der Waals surface area contributed by atoms with E-state index in [9.17, 15) is 9.59 Å². The number of rotatable bonds is 3. The van der Waals surface area contributed by atoms with Crippen molar-refractivity contribution in [2.45, 2.75) is 63.5 Å². The van der Waals surface area contributed by atoms with E-state index in [1.807, 2.05) is 6.07 Å². The number of likely N-dealkylation sites (tertiary alicyclic amines) is 1. The molecule has 1 saturated heterocycles. The highest BCUT2D eigenvalue weighted by molar-refractivity contribution is 5.92. The van der Waals surface area contributed by atoms with E-state index in [0.717, 1.165) is 25.9 Å². The summed E-state index contributed by atoms with van der Waals surface area (Å²) in [5.74, 6) is -0.184. The number of carbonyl (C=O) groups is 1. The fourth-order valence-corrected chi connectivity index (χ4v) is 4.53. The smallest absolute Gasteiger partial charge is 0.287 e. The molecule has 1 aromatic heterocycles. The lowest BCUT2D eigenvalue weighted by atomic mass is 10.00. The van der Waals surface area contributed by atoms with E-state index in [-0.39, 0.29) is 23.3 Å². The van der Waals surface area contributed by atoms with Gasteiger partial charge in [0.25, 0.3) is 11.5 Å². The Morgan fingerprint density at radius 2 is 1.85 bits per heavy atom. The Kier molecular flexibility index (Phi) is 5.53. The first kappa shape index (κ1) is 18.2. The largest absolute Gasteiger partial charge is 0.345 e. The van der Waals surface area contributed by atoms with Crippen LogP contribution >= 0.6 is 0 Å². The average Bonchev–Trinajstić information content (AvgIpc) is 2.98. The van der Waals surface area contributed by atoms with E-state index >= 15 is 0 Å². The molecule has 1 unspecified atom stereocenters. The van der Waals surface area contributed by atoms with Crippen molar-refractivity contribution in [3.8, 4) is 0 Å². The molecule has 0 spiro atoms. The summed E-state index contributed by atoms with van der Waals surface area (Å²) in [7, 11) is 0. The molecule has 2 heterocycles. The summed E-state index contributed by atoms with van der Waals surface area (Å²) < 4.78 is 0. The molecule has 144 valence electrons. The molecule has 0 radical (unpaired) electrons. The van der Waals surface area contributed by atoms with Crippen LogP contribution in [-0.4, -0.2) is 45.9 Å². The molecule has 2 aliphatic rings. The van der Waals surface area contributed by atoms with Crippen molar-refractivity contribution in [3.63, 3.8) is 0 Å². The van der Waals surface area contributed by atoms with Gasteiger partial charge in [-0.25, -0.2) is 4.98 Å². The lowest BCUT2D eigenvalue weighted by molar-refractivity contribution is 0.0851. The van der Waals surface area contributed by atoms with Crippen molar-refractivity contribution in [1.29, 1.82) is 0 Å². The van der Waals surface area contributed by atoms with Crippen LogP contribution in [0.2, 0.25) is 0 Å². The zero-order valence-electron chi connectivity index (χ0n) is 15.7. The average molecular weight is 368 g/mol. The van der Waals surface area contributed by atoms with E-state index in [0.29, 0.717) is 16.9 Å². The minimum Gasteiger partial charge on any atom is -0.345 e. The third-order valence-corrected chi connectivity index (χ3v) is 5.96. The first-order valence-corrected chi connectivity index (χ1v) is 10.2. The Morgan fingerprint density at radius 1 is 1.07 bits per heavy atom. The zero-order chi connectivity index (χ0) is 18.6. The number of hydrogen-bond donors (Lipinski definition) is 2. The maximum absolute atomic E-state index is 12.7. The van der Waals surface area contributed by atoms with Crippen molar-refractivity contribution in [2.75, 3.05) is 13.1 Å². The topological polar surface area (TPSA) is 78.1 Å². The van der Waals surface area contributed by atoms with E-state index in [2.05, 4.69) is 20.2 Å². The van der Waals surface area contributed by atoms with Crippen LogP contribution in [0.25, 0.3) is 10.9 Å². The number of aromatic nitrogens is 2. The van der Waals surface area contributed by atoms with Gasteiger partial charge in [0.15, 0.2) is 5.82 Å². The van der Waals surface area contributed by atoms with E-state index in [1.165, 1.54) is 38.5 Å². The standard InChI is InChI=1S/C21H28N4O2/c26-20-17-11-5-6-12-18(17)23-19(24-20)21(27)22-15-8-7-13-25(14-15)16-9-3-1-2-4-10-16/h5-6,11-12,15-16H,1-4,7-10,13-14H2,(H,22,27)(H,23,24,26). The summed E-state index contributed by atoms with van der Waals surface area (Å²) in [6.07, 6.45) is 9.98. The number of H-pyrrole nitrogens is 1. The molecule has 2 fully saturated rings. The molecule has 4 rings (SSSR count). The number of carbonyl (C=O) groups excluding carboxylic acids is 1.